The van der Waals surface area contributed by atoms with Crippen molar-refractivity contribution in [3.05, 3.63) is 65.2 Å². The summed E-state index contributed by atoms with van der Waals surface area (Å²) in [4.78, 5) is 27.8. The predicted octanol–water partition coefficient (Wildman–Crippen LogP) is 1.06. The highest BCUT2D eigenvalue weighted by Gasteiger charge is 2.47. The minimum atomic E-state index is -1.06. The lowest BCUT2D eigenvalue weighted by atomic mass is 9.83. The maximum Gasteiger partial charge on any atom is 0.245 e. The van der Waals surface area contributed by atoms with E-state index in [1.54, 1.807) is 12.0 Å². The van der Waals surface area contributed by atoms with E-state index in [2.05, 4.69) is 16.0 Å². The van der Waals surface area contributed by atoms with Gasteiger partial charge in [0, 0.05) is 32.1 Å². The summed E-state index contributed by atoms with van der Waals surface area (Å²) in [5, 5.41) is 20.6. The van der Waals surface area contributed by atoms with Crippen molar-refractivity contribution in [2.75, 3.05) is 33.4 Å². The van der Waals surface area contributed by atoms with Crippen LogP contribution in [0.5, 0.6) is 5.75 Å². The van der Waals surface area contributed by atoms with Gasteiger partial charge < -0.3 is 30.7 Å². The number of nitrogens with zero attached hydrogens (tertiary/aromatic N) is 1. The number of nitrogens with one attached hydrogen (secondary N) is 3. The first kappa shape index (κ1) is 24.2. The van der Waals surface area contributed by atoms with E-state index in [0.717, 1.165) is 35.7 Å². The number of carbonyl (C=O) groups is 2. The van der Waals surface area contributed by atoms with Gasteiger partial charge in [-0.1, -0.05) is 36.4 Å². The molecule has 2 fully saturated rings. The van der Waals surface area contributed by atoms with E-state index in [-0.39, 0.29) is 30.9 Å². The SMILES string of the molecule is COc1ccc(C[C@H](NC(=O)CCC2CNCN2)C(=O)N2CC(O)(c3ccccc3C)C2)cc1. The molecule has 8 heteroatoms. The van der Waals surface area contributed by atoms with E-state index in [1.807, 2.05) is 55.5 Å². The minimum absolute atomic E-state index is 0.143. The highest BCUT2D eigenvalue weighted by Crippen LogP contribution is 2.34. The van der Waals surface area contributed by atoms with Gasteiger partial charge in [0.05, 0.1) is 20.2 Å². The molecule has 4 N–H and O–H groups in total. The molecule has 2 aliphatic rings. The third-order valence-corrected chi connectivity index (χ3v) is 6.72. The van der Waals surface area contributed by atoms with Gasteiger partial charge in [-0.15, -0.1) is 0 Å². The quantitative estimate of drug-likeness (QED) is 0.441. The van der Waals surface area contributed by atoms with Crippen LogP contribution in [0.15, 0.2) is 48.5 Å². The molecule has 1 unspecified atom stereocenters. The van der Waals surface area contributed by atoms with E-state index in [0.29, 0.717) is 19.3 Å². The minimum Gasteiger partial charge on any atom is -0.497 e. The van der Waals surface area contributed by atoms with Crippen LogP contribution >= 0.6 is 0 Å². The molecular formula is C26H34N4O4. The number of ether oxygens (including phenoxy) is 1. The fourth-order valence-electron chi connectivity index (χ4n) is 4.74. The summed E-state index contributed by atoms with van der Waals surface area (Å²) in [7, 11) is 1.61. The molecule has 0 bridgehead atoms. The molecule has 2 heterocycles. The van der Waals surface area contributed by atoms with Crippen molar-refractivity contribution in [3.8, 4) is 5.75 Å². The molecule has 2 aromatic carbocycles. The summed E-state index contributed by atoms with van der Waals surface area (Å²) < 4.78 is 5.22. The van der Waals surface area contributed by atoms with Crippen LogP contribution in [0, 0.1) is 6.92 Å². The van der Waals surface area contributed by atoms with Crippen molar-refractivity contribution < 1.29 is 19.4 Å². The molecule has 2 atom stereocenters. The normalized spacial score (nSPS) is 19.9. The Balaban J connectivity index is 1.42. The fourth-order valence-corrected chi connectivity index (χ4v) is 4.74. The average Bonchev–Trinajstić information content (AvgIpc) is 3.34. The van der Waals surface area contributed by atoms with Crippen molar-refractivity contribution in [1.29, 1.82) is 0 Å². The van der Waals surface area contributed by atoms with Gasteiger partial charge in [0.25, 0.3) is 0 Å². The van der Waals surface area contributed by atoms with Gasteiger partial charge in [0.15, 0.2) is 0 Å². The zero-order valence-electron chi connectivity index (χ0n) is 19.8. The number of aryl methyl sites for hydroxylation is 1. The van der Waals surface area contributed by atoms with Crippen molar-refractivity contribution >= 4 is 11.8 Å². The first-order chi connectivity index (χ1) is 16.4. The van der Waals surface area contributed by atoms with Crippen LogP contribution in [0.4, 0.5) is 0 Å². The van der Waals surface area contributed by atoms with Crippen LogP contribution in [0.1, 0.15) is 29.5 Å². The number of amides is 2. The molecule has 2 aromatic rings. The lowest BCUT2D eigenvalue weighted by Crippen LogP contribution is -2.65. The molecule has 182 valence electrons. The van der Waals surface area contributed by atoms with Crippen molar-refractivity contribution in [3.63, 3.8) is 0 Å². The van der Waals surface area contributed by atoms with Crippen LogP contribution in [0.2, 0.25) is 0 Å². The predicted molar refractivity (Wildman–Crippen MR) is 129 cm³/mol. The molecule has 34 heavy (non-hydrogen) atoms. The second kappa shape index (κ2) is 10.5. The number of aliphatic hydroxyl groups is 1. The van der Waals surface area contributed by atoms with Crippen LogP contribution < -0.4 is 20.7 Å². The molecule has 0 spiro atoms. The molecule has 0 aliphatic carbocycles. The fraction of sp³-hybridized carbons (Fsp3) is 0.462. The number of rotatable bonds is 9. The van der Waals surface area contributed by atoms with Gasteiger partial charge in [-0.25, -0.2) is 0 Å². The zero-order valence-corrected chi connectivity index (χ0v) is 19.8. The van der Waals surface area contributed by atoms with Gasteiger partial charge in [-0.2, -0.15) is 0 Å². The van der Waals surface area contributed by atoms with Crippen LogP contribution in [0.3, 0.4) is 0 Å². The van der Waals surface area contributed by atoms with Gasteiger partial charge in [0.1, 0.15) is 17.4 Å². The van der Waals surface area contributed by atoms with E-state index in [1.165, 1.54) is 0 Å². The summed E-state index contributed by atoms with van der Waals surface area (Å²) in [6.07, 6.45) is 1.43. The first-order valence-corrected chi connectivity index (χ1v) is 11.8. The molecule has 4 rings (SSSR count). The number of hydrogen-bond acceptors (Lipinski definition) is 6. The van der Waals surface area contributed by atoms with E-state index in [9.17, 15) is 14.7 Å². The average molecular weight is 467 g/mol. The monoisotopic (exact) mass is 466 g/mol. The highest BCUT2D eigenvalue weighted by atomic mass is 16.5. The summed E-state index contributed by atoms with van der Waals surface area (Å²) in [6.45, 7) is 3.97. The van der Waals surface area contributed by atoms with Crippen LogP contribution in [-0.2, 0) is 21.6 Å². The first-order valence-electron chi connectivity index (χ1n) is 11.8. The van der Waals surface area contributed by atoms with Gasteiger partial charge in [0.2, 0.25) is 11.8 Å². The molecule has 2 saturated heterocycles. The molecule has 2 amide bonds. The Bertz CT molecular complexity index is 998. The highest BCUT2D eigenvalue weighted by molar-refractivity contribution is 5.88. The Hall–Kier alpha value is -2.94. The largest absolute Gasteiger partial charge is 0.497 e. The lowest BCUT2D eigenvalue weighted by Gasteiger charge is -2.48. The second-order valence-corrected chi connectivity index (χ2v) is 9.28. The molecular weight excluding hydrogens is 432 g/mol. The standard InChI is InChI=1S/C26H34N4O4/c1-18-5-3-4-6-22(18)26(33)15-30(16-26)25(32)23(13-19-7-10-21(34-2)11-8-19)29-24(31)12-9-20-14-27-17-28-20/h3-8,10-11,20,23,27-28,33H,9,12-17H2,1-2H3,(H,29,31)/t20?,23-/m0/s1. The number of likely N-dealkylation sites (tertiary alicyclic amines) is 1. The Morgan fingerprint density at radius 2 is 1.94 bits per heavy atom. The number of carbonyl (C=O) groups excluding carboxylic acids is 2. The summed E-state index contributed by atoms with van der Waals surface area (Å²) in [6, 6.07) is 14.7. The van der Waals surface area contributed by atoms with Crippen LogP contribution in [0.25, 0.3) is 0 Å². The molecule has 0 aromatic heterocycles. The Kier molecular flexibility index (Phi) is 7.50. The number of hydrogen-bond donors (Lipinski definition) is 4. The molecule has 2 aliphatic heterocycles. The lowest BCUT2D eigenvalue weighted by molar-refractivity contribution is -0.160. The summed E-state index contributed by atoms with van der Waals surface area (Å²) in [5.41, 5.74) is 1.70. The van der Waals surface area contributed by atoms with Gasteiger partial charge in [-0.3, -0.25) is 9.59 Å². The summed E-state index contributed by atoms with van der Waals surface area (Å²) >= 11 is 0. The third kappa shape index (κ3) is 5.58. The number of methoxy groups -OCH3 is 1. The topological polar surface area (TPSA) is 103 Å². The molecule has 8 nitrogen and oxygen atoms in total. The Morgan fingerprint density at radius 3 is 2.59 bits per heavy atom. The van der Waals surface area contributed by atoms with E-state index < -0.39 is 11.6 Å². The second-order valence-electron chi connectivity index (χ2n) is 9.28. The number of benzene rings is 2. The third-order valence-electron chi connectivity index (χ3n) is 6.72. The molecule has 0 saturated carbocycles. The van der Waals surface area contributed by atoms with Crippen molar-refractivity contribution in [1.82, 2.24) is 20.9 Å². The molecule has 0 radical (unpaired) electrons. The van der Waals surface area contributed by atoms with Gasteiger partial charge >= 0.3 is 0 Å². The maximum atomic E-state index is 13.4. The van der Waals surface area contributed by atoms with E-state index >= 15 is 0 Å². The smallest absolute Gasteiger partial charge is 0.245 e. The van der Waals surface area contributed by atoms with Crippen molar-refractivity contribution in [2.24, 2.45) is 0 Å². The van der Waals surface area contributed by atoms with E-state index in [4.69, 9.17) is 4.74 Å². The van der Waals surface area contributed by atoms with Gasteiger partial charge in [-0.05, 0) is 42.2 Å². The Labute approximate surface area is 200 Å². The van der Waals surface area contributed by atoms with Crippen LogP contribution in [-0.4, -0.2) is 67.3 Å². The zero-order chi connectivity index (χ0) is 24.1. The number of β-amino-alcohol motifs (C(OH)–C–C–N with tert-alkyl or cyclic N) is 1. The maximum absolute atomic E-state index is 13.4. The Morgan fingerprint density at radius 1 is 1.21 bits per heavy atom. The summed E-state index contributed by atoms with van der Waals surface area (Å²) in [5.74, 6) is 0.415. The van der Waals surface area contributed by atoms with Crippen molar-refractivity contribution in [2.45, 2.75) is 43.9 Å².